The average Bonchev–Trinajstić information content (AvgIpc) is 3.33. The van der Waals surface area contributed by atoms with Gasteiger partial charge in [0.15, 0.2) is 11.5 Å². The summed E-state index contributed by atoms with van der Waals surface area (Å²) < 4.78 is 35.8. The zero-order chi connectivity index (χ0) is 22.3. The number of carbonyl (C=O) groups excluding carboxylic acids is 1. The van der Waals surface area contributed by atoms with Gasteiger partial charge in [-0.05, 0) is 86.7 Å². The van der Waals surface area contributed by atoms with Crippen LogP contribution in [-0.2, 0) is 11.2 Å². The number of carbonyl (C=O) groups is 1. The molecule has 2 atom stereocenters. The number of hydrogen-bond acceptors (Lipinski definition) is 3. The molecule has 4 aliphatic carbocycles. The third-order valence-corrected chi connectivity index (χ3v) is 9.01. The molecule has 174 valence electrons. The number of fused-ring (bicyclic) bond motifs is 4. The molecule has 4 saturated carbocycles. The summed E-state index contributed by atoms with van der Waals surface area (Å²) in [5, 5.41) is 7.83. The molecule has 0 spiro atoms. The summed E-state index contributed by atoms with van der Waals surface area (Å²) in [6.07, 6.45) is 10.0. The lowest BCUT2D eigenvalue weighted by atomic mass is 9.49. The van der Waals surface area contributed by atoms with Gasteiger partial charge in [-0.3, -0.25) is 4.79 Å². The van der Waals surface area contributed by atoms with Gasteiger partial charge in [0.05, 0.1) is 11.8 Å². The minimum atomic E-state index is -0.694. The maximum Gasteiger partial charge on any atom is 0.272 e. The van der Waals surface area contributed by atoms with Crippen LogP contribution in [0.2, 0.25) is 0 Å². The summed E-state index contributed by atoms with van der Waals surface area (Å²) in [4.78, 5) is 13.4. The van der Waals surface area contributed by atoms with E-state index in [1.165, 1.54) is 55.3 Å². The van der Waals surface area contributed by atoms with Crippen LogP contribution in [0.1, 0.15) is 79.2 Å². The van der Waals surface area contributed by atoms with Crippen molar-refractivity contribution in [2.45, 2.75) is 70.0 Å². The van der Waals surface area contributed by atoms with E-state index < -0.39 is 11.6 Å². The molecule has 2 unspecified atom stereocenters. The Morgan fingerprint density at radius 3 is 2.55 bits per heavy atom. The van der Waals surface area contributed by atoms with Gasteiger partial charge < -0.3 is 10.1 Å². The minimum Gasteiger partial charge on any atom is -0.368 e. The predicted molar refractivity (Wildman–Crippen MR) is 117 cm³/mol. The summed E-state index contributed by atoms with van der Waals surface area (Å²) in [6, 6.07) is 3.47. The van der Waals surface area contributed by atoms with E-state index in [4.69, 9.17) is 4.74 Å². The lowest BCUT2D eigenvalue weighted by Gasteiger charge is -2.56. The van der Waals surface area contributed by atoms with Crippen molar-refractivity contribution >= 4 is 5.91 Å². The molecular formula is C26H29F2N3O2. The largest absolute Gasteiger partial charge is 0.368 e. The Morgan fingerprint density at radius 2 is 1.85 bits per heavy atom. The van der Waals surface area contributed by atoms with Gasteiger partial charge in [-0.1, -0.05) is 0 Å². The first-order chi connectivity index (χ1) is 16.0. The number of nitrogens with zero attached hydrogens (tertiary/aromatic N) is 2. The highest BCUT2D eigenvalue weighted by Gasteiger charge is 2.51. The number of rotatable bonds is 4. The molecule has 2 aromatic rings. The summed E-state index contributed by atoms with van der Waals surface area (Å²) in [5.74, 6) is 0.978. The predicted octanol–water partition coefficient (Wildman–Crippen LogP) is 4.87. The molecule has 5 nitrogen and oxygen atoms in total. The number of hydrogen-bond donors (Lipinski definition) is 1. The molecule has 7 heteroatoms. The van der Waals surface area contributed by atoms with Crippen molar-refractivity contribution in [2.24, 2.45) is 23.2 Å². The van der Waals surface area contributed by atoms with Crippen molar-refractivity contribution in [3.05, 3.63) is 46.8 Å². The fourth-order valence-electron chi connectivity index (χ4n) is 8.16. The molecular weight excluding hydrogens is 424 g/mol. The second-order valence-corrected chi connectivity index (χ2v) is 11.3. The molecule has 6 bridgehead atoms. The Hall–Kier alpha value is -2.28. The van der Waals surface area contributed by atoms with Crippen molar-refractivity contribution in [2.75, 3.05) is 6.54 Å². The van der Waals surface area contributed by atoms with Crippen LogP contribution < -0.4 is 5.32 Å². The smallest absolute Gasteiger partial charge is 0.272 e. The number of nitrogens with one attached hydrogen (secondary N) is 1. The Balaban J connectivity index is 1.21. The van der Waals surface area contributed by atoms with Gasteiger partial charge in [0.2, 0.25) is 0 Å². The van der Waals surface area contributed by atoms with Gasteiger partial charge >= 0.3 is 0 Å². The van der Waals surface area contributed by atoms with Gasteiger partial charge in [0, 0.05) is 24.6 Å². The van der Waals surface area contributed by atoms with E-state index in [0.717, 1.165) is 47.9 Å². The van der Waals surface area contributed by atoms with Gasteiger partial charge in [-0.25, -0.2) is 13.5 Å². The number of halogens is 2. The highest BCUT2D eigenvalue weighted by molar-refractivity contribution is 5.94. The standard InChI is InChI=1S/C26H29F2N3O2/c27-17-1-3-21(20(28)8-17)31-24-19(9-18-2-4-22(24)33-18)23(30-31)25(32)29-13-26-10-14-5-15(11-26)7-16(6-14)12-26/h1,3,8,14-16,18,22H,2,4-7,9-13H2,(H,29,32). The minimum absolute atomic E-state index is 0.0768. The third-order valence-electron chi connectivity index (χ3n) is 9.01. The lowest BCUT2D eigenvalue weighted by molar-refractivity contribution is -0.0503. The third kappa shape index (κ3) is 3.18. The van der Waals surface area contributed by atoms with Crippen LogP contribution in [-0.4, -0.2) is 28.3 Å². The van der Waals surface area contributed by atoms with Gasteiger partial charge in [0.1, 0.15) is 17.6 Å². The Kier molecular flexibility index (Phi) is 4.34. The van der Waals surface area contributed by atoms with Gasteiger partial charge in [-0.2, -0.15) is 5.10 Å². The van der Waals surface area contributed by atoms with Crippen LogP contribution in [0.25, 0.3) is 5.69 Å². The van der Waals surface area contributed by atoms with E-state index in [1.54, 1.807) is 0 Å². The maximum absolute atomic E-state index is 14.7. The first-order valence-corrected chi connectivity index (χ1v) is 12.5. The number of ether oxygens (including phenoxy) is 1. The highest BCUT2D eigenvalue weighted by atomic mass is 19.1. The van der Waals surface area contributed by atoms with Crippen molar-refractivity contribution in [1.29, 1.82) is 0 Å². The molecule has 1 N–H and O–H groups in total. The second-order valence-electron chi connectivity index (χ2n) is 11.3. The van der Waals surface area contributed by atoms with Crippen LogP contribution in [0.15, 0.2) is 18.2 Å². The molecule has 33 heavy (non-hydrogen) atoms. The topological polar surface area (TPSA) is 56.2 Å². The normalized spacial score (nSPS) is 35.6. The molecule has 0 radical (unpaired) electrons. The summed E-state index contributed by atoms with van der Waals surface area (Å²) >= 11 is 0. The van der Waals surface area contributed by atoms with Crippen molar-refractivity contribution in [1.82, 2.24) is 15.1 Å². The van der Waals surface area contributed by atoms with Gasteiger partial charge in [0.25, 0.3) is 5.91 Å². The van der Waals surface area contributed by atoms with Crippen LogP contribution in [0.3, 0.4) is 0 Å². The fourth-order valence-corrected chi connectivity index (χ4v) is 8.16. The number of benzene rings is 1. The average molecular weight is 454 g/mol. The molecule has 6 aliphatic rings. The van der Waals surface area contributed by atoms with E-state index in [1.807, 2.05) is 0 Å². The van der Waals surface area contributed by atoms with E-state index >= 15 is 0 Å². The summed E-state index contributed by atoms with van der Waals surface area (Å²) in [5.41, 5.74) is 2.37. The maximum atomic E-state index is 14.7. The van der Waals surface area contributed by atoms with Crippen LogP contribution in [0.5, 0.6) is 0 Å². The highest BCUT2D eigenvalue weighted by Crippen LogP contribution is 2.59. The zero-order valence-corrected chi connectivity index (χ0v) is 18.7. The second kappa shape index (κ2) is 7.11. The molecule has 2 aliphatic heterocycles. The number of aromatic nitrogens is 2. The fraction of sp³-hybridized carbons (Fsp3) is 0.615. The summed E-state index contributed by atoms with van der Waals surface area (Å²) in [7, 11) is 0. The molecule has 8 rings (SSSR count). The zero-order valence-electron chi connectivity index (χ0n) is 18.7. The van der Waals surface area contributed by atoms with E-state index in [-0.39, 0.29) is 29.2 Å². The van der Waals surface area contributed by atoms with Crippen LogP contribution in [0, 0.1) is 34.8 Å². The molecule has 5 fully saturated rings. The van der Waals surface area contributed by atoms with Crippen LogP contribution >= 0.6 is 0 Å². The van der Waals surface area contributed by atoms with Crippen molar-refractivity contribution in [3.63, 3.8) is 0 Å². The Morgan fingerprint density at radius 1 is 1.12 bits per heavy atom. The quantitative estimate of drug-likeness (QED) is 0.719. The lowest BCUT2D eigenvalue weighted by Crippen LogP contribution is -2.51. The van der Waals surface area contributed by atoms with Crippen molar-refractivity contribution < 1.29 is 18.3 Å². The van der Waals surface area contributed by atoms with E-state index in [9.17, 15) is 13.6 Å². The van der Waals surface area contributed by atoms with E-state index in [0.29, 0.717) is 18.7 Å². The molecule has 1 aromatic carbocycles. The first kappa shape index (κ1) is 20.1. The molecule has 1 amide bonds. The molecule has 1 aromatic heterocycles. The first-order valence-electron chi connectivity index (χ1n) is 12.5. The number of amides is 1. The summed E-state index contributed by atoms with van der Waals surface area (Å²) in [6.45, 7) is 0.700. The van der Waals surface area contributed by atoms with Crippen molar-refractivity contribution in [3.8, 4) is 5.69 Å². The van der Waals surface area contributed by atoms with Crippen LogP contribution in [0.4, 0.5) is 8.78 Å². The molecule has 1 saturated heterocycles. The Bertz CT molecular complexity index is 1110. The molecule has 3 heterocycles. The monoisotopic (exact) mass is 453 g/mol. The Labute approximate surface area is 191 Å². The van der Waals surface area contributed by atoms with E-state index in [2.05, 4.69) is 10.4 Å². The van der Waals surface area contributed by atoms with Gasteiger partial charge in [-0.15, -0.1) is 0 Å². The SMILES string of the molecule is O=C(NCC12CC3CC(CC(C3)C1)C2)c1nn(-c2ccc(F)cc2F)c2c1CC1CCC2O1.